The van der Waals surface area contributed by atoms with E-state index in [0.717, 1.165) is 6.07 Å². The summed E-state index contributed by atoms with van der Waals surface area (Å²) in [7, 11) is -3.79. The van der Waals surface area contributed by atoms with E-state index in [1.807, 2.05) is 0 Å². The van der Waals surface area contributed by atoms with Gasteiger partial charge < -0.3 is 4.84 Å². The van der Waals surface area contributed by atoms with Gasteiger partial charge in [0.05, 0.1) is 9.79 Å². The van der Waals surface area contributed by atoms with Crippen molar-refractivity contribution in [3.63, 3.8) is 0 Å². The second-order valence-corrected chi connectivity index (χ2v) is 5.60. The number of sulfone groups is 1. The third kappa shape index (κ3) is 2.67. The summed E-state index contributed by atoms with van der Waals surface area (Å²) in [6, 6.07) is 10.8. The Bertz CT molecular complexity index is 634. The number of rotatable bonds is 4. The van der Waals surface area contributed by atoms with Crippen molar-refractivity contribution in [3.8, 4) is 11.5 Å². The molecule has 0 bridgehead atoms. The maximum atomic E-state index is 12.3. The second-order valence-electron chi connectivity index (χ2n) is 3.65. The molecule has 0 saturated carbocycles. The van der Waals surface area contributed by atoms with Gasteiger partial charge in [0.1, 0.15) is 5.75 Å². The summed E-state index contributed by atoms with van der Waals surface area (Å²) in [5, 5.41) is 0. The van der Waals surface area contributed by atoms with E-state index in [0.29, 0.717) is 0 Å². The predicted octanol–water partition coefficient (Wildman–Crippen LogP) is 2.04. The zero-order valence-corrected chi connectivity index (χ0v) is 10.4. The standard InChI is InChI=1S/C12H10FNO4S/c13-17-9-3-1-5-11(7-9)19(15,16)12-6-2-4-10(8-12)18-14/h1-8H,14H2. The van der Waals surface area contributed by atoms with Gasteiger partial charge >= 0.3 is 0 Å². The highest BCUT2D eigenvalue weighted by atomic mass is 32.2. The molecular formula is C12H10FNO4S. The summed E-state index contributed by atoms with van der Waals surface area (Å²) >= 11 is 0. The van der Waals surface area contributed by atoms with Gasteiger partial charge in [-0.25, -0.2) is 8.42 Å². The van der Waals surface area contributed by atoms with Gasteiger partial charge in [-0.15, -0.1) is 0 Å². The van der Waals surface area contributed by atoms with Gasteiger partial charge in [-0.3, -0.25) is 4.94 Å². The summed E-state index contributed by atoms with van der Waals surface area (Å²) in [6.45, 7) is 0. The summed E-state index contributed by atoms with van der Waals surface area (Å²) in [5.74, 6) is 5.00. The minimum atomic E-state index is -3.79. The molecule has 100 valence electrons. The highest BCUT2D eigenvalue weighted by Gasteiger charge is 2.19. The molecule has 0 radical (unpaired) electrons. The quantitative estimate of drug-likeness (QED) is 0.869. The Balaban J connectivity index is 2.51. The third-order valence-electron chi connectivity index (χ3n) is 2.46. The van der Waals surface area contributed by atoms with E-state index in [1.165, 1.54) is 42.5 Å². The summed E-state index contributed by atoms with van der Waals surface area (Å²) in [4.78, 5) is 7.91. The van der Waals surface area contributed by atoms with Gasteiger partial charge in [-0.05, 0) is 24.3 Å². The smallest absolute Gasteiger partial charge is 0.206 e. The van der Waals surface area contributed by atoms with Crippen LogP contribution in [-0.4, -0.2) is 8.42 Å². The van der Waals surface area contributed by atoms with E-state index >= 15 is 0 Å². The number of hydrogen-bond acceptors (Lipinski definition) is 5. The summed E-state index contributed by atoms with van der Waals surface area (Å²) in [5.41, 5.74) is 0. The van der Waals surface area contributed by atoms with E-state index < -0.39 is 9.84 Å². The molecule has 0 saturated heterocycles. The fraction of sp³-hybridized carbons (Fsp3) is 0. The fourth-order valence-corrected chi connectivity index (χ4v) is 2.87. The van der Waals surface area contributed by atoms with Crippen LogP contribution in [0.4, 0.5) is 4.53 Å². The Labute approximate surface area is 109 Å². The lowest BCUT2D eigenvalue weighted by molar-refractivity contribution is -0.00647. The predicted molar refractivity (Wildman–Crippen MR) is 64.9 cm³/mol. The topological polar surface area (TPSA) is 78.6 Å². The molecule has 0 atom stereocenters. The Morgan fingerprint density at radius 1 is 0.947 bits per heavy atom. The van der Waals surface area contributed by atoms with Crippen LogP contribution in [0.3, 0.4) is 0 Å². The first-order valence-electron chi connectivity index (χ1n) is 5.18. The average molecular weight is 283 g/mol. The molecule has 0 spiro atoms. The molecule has 5 nitrogen and oxygen atoms in total. The summed E-state index contributed by atoms with van der Waals surface area (Å²) in [6.07, 6.45) is 0. The van der Waals surface area contributed by atoms with Crippen LogP contribution in [0.25, 0.3) is 0 Å². The average Bonchev–Trinajstić information content (AvgIpc) is 2.47. The van der Waals surface area contributed by atoms with E-state index in [9.17, 15) is 12.9 Å². The molecule has 7 heteroatoms. The van der Waals surface area contributed by atoms with Crippen molar-refractivity contribution in [2.75, 3.05) is 0 Å². The lowest BCUT2D eigenvalue weighted by Gasteiger charge is -2.06. The van der Waals surface area contributed by atoms with Crippen molar-refractivity contribution in [3.05, 3.63) is 48.5 Å². The molecular weight excluding hydrogens is 273 g/mol. The van der Waals surface area contributed by atoms with E-state index in [4.69, 9.17) is 5.90 Å². The molecule has 2 rings (SSSR count). The van der Waals surface area contributed by atoms with Gasteiger partial charge in [-0.2, -0.15) is 5.90 Å². The Hall–Kier alpha value is -2.12. The van der Waals surface area contributed by atoms with Gasteiger partial charge in [0.15, 0.2) is 5.75 Å². The number of benzene rings is 2. The van der Waals surface area contributed by atoms with Crippen molar-refractivity contribution in [1.82, 2.24) is 0 Å². The normalized spacial score (nSPS) is 11.1. The monoisotopic (exact) mass is 283 g/mol. The first kappa shape index (κ1) is 13.3. The SMILES string of the molecule is NOc1cccc(S(=O)(=O)c2cccc(OF)c2)c1. The van der Waals surface area contributed by atoms with E-state index in [1.54, 1.807) is 0 Å². The van der Waals surface area contributed by atoms with Gasteiger partial charge in [-0.1, -0.05) is 12.1 Å². The molecule has 0 aliphatic carbocycles. The number of nitrogens with two attached hydrogens (primary N) is 1. The zero-order valence-electron chi connectivity index (χ0n) is 9.62. The first-order chi connectivity index (χ1) is 9.07. The summed E-state index contributed by atoms with van der Waals surface area (Å²) < 4.78 is 36.7. The lowest BCUT2D eigenvalue weighted by Crippen LogP contribution is -2.05. The van der Waals surface area contributed by atoms with Crippen LogP contribution in [0, 0.1) is 0 Å². The Morgan fingerprint density at radius 3 is 2.00 bits per heavy atom. The molecule has 0 unspecified atom stereocenters. The molecule has 19 heavy (non-hydrogen) atoms. The largest absolute Gasteiger partial charge is 0.411 e. The van der Waals surface area contributed by atoms with Crippen LogP contribution in [0.15, 0.2) is 58.3 Å². The van der Waals surface area contributed by atoms with Gasteiger partial charge in [0, 0.05) is 16.7 Å². The minimum Gasteiger partial charge on any atom is -0.411 e. The fourth-order valence-electron chi connectivity index (χ4n) is 1.54. The van der Waals surface area contributed by atoms with Crippen LogP contribution in [0.2, 0.25) is 0 Å². The second kappa shape index (κ2) is 5.25. The maximum absolute atomic E-state index is 12.3. The number of halogens is 1. The van der Waals surface area contributed by atoms with Crippen LogP contribution in [0.1, 0.15) is 0 Å². The zero-order chi connectivity index (χ0) is 13.9. The van der Waals surface area contributed by atoms with Gasteiger partial charge in [0.2, 0.25) is 9.84 Å². The molecule has 0 aliphatic heterocycles. The van der Waals surface area contributed by atoms with Crippen molar-refractivity contribution in [2.24, 2.45) is 5.90 Å². The van der Waals surface area contributed by atoms with Gasteiger partial charge in [0.25, 0.3) is 0 Å². The van der Waals surface area contributed by atoms with E-state index in [-0.39, 0.29) is 21.3 Å². The molecule has 2 N–H and O–H groups in total. The Morgan fingerprint density at radius 2 is 1.47 bits per heavy atom. The van der Waals surface area contributed by atoms with Crippen LogP contribution in [-0.2, 0) is 9.84 Å². The molecule has 2 aromatic rings. The highest BCUT2D eigenvalue weighted by Crippen LogP contribution is 2.26. The van der Waals surface area contributed by atoms with Crippen molar-refractivity contribution in [1.29, 1.82) is 0 Å². The van der Waals surface area contributed by atoms with E-state index in [2.05, 4.69) is 9.78 Å². The molecule has 0 fully saturated rings. The van der Waals surface area contributed by atoms with Crippen LogP contribution in [0.5, 0.6) is 11.5 Å². The van der Waals surface area contributed by atoms with Crippen molar-refractivity contribution < 1.29 is 22.7 Å². The minimum absolute atomic E-state index is 0.00791. The number of hydrogen-bond donors (Lipinski definition) is 1. The third-order valence-corrected chi connectivity index (χ3v) is 4.21. The molecule has 0 amide bonds. The molecule has 0 aromatic heterocycles. The maximum Gasteiger partial charge on any atom is 0.206 e. The van der Waals surface area contributed by atoms with Crippen LogP contribution < -0.4 is 15.7 Å². The van der Waals surface area contributed by atoms with Crippen molar-refractivity contribution in [2.45, 2.75) is 9.79 Å². The molecule has 0 heterocycles. The van der Waals surface area contributed by atoms with Crippen molar-refractivity contribution >= 4 is 9.84 Å². The molecule has 0 aliphatic rings. The van der Waals surface area contributed by atoms with Crippen LogP contribution >= 0.6 is 0 Å². The Kier molecular flexibility index (Phi) is 3.68. The first-order valence-corrected chi connectivity index (χ1v) is 6.67. The molecule has 2 aromatic carbocycles. The lowest BCUT2D eigenvalue weighted by atomic mass is 10.3. The highest BCUT2D eigenvalue weighted by molar-refractivity contribution is 7.91.